The van der Waals surface area contributed by atoms with E-state index in [4.69, 9.17) is 0 Å². The van der Waals surface area contributed by atoms with E-state index in [9.17, 15) is 18.3 Å². The summed E-state index contributed by atoms with van der Waals surface area (Å²) in [7, 11) is 2.12. The van der Waals surface area contributed by atoms with Crippen molar-refractivity contribution in [2.75, 3.05) is 14.1 Å². The summed E-state index contributed by atoms with van der Waals surface area (Å²) in [4.78, 5) is 0. The molecule has 0 bridgehead atoms. The summed E-state index contributed by atoms with van der Waals surface area (Å²) in [6.07, 6.45) is -4.33. The molecule has 0 fully saturated rings. The number of phenols is 1. The summed E-state index contributed by atoms with van der Waals surface area (Å²) in [5.41, 5.74) is 0.292. The average Bonchev–Trinajstić information content (AvgIpc) is 2.06. The maximum absolute atomic E-state index is 12.5. The molecule has 5 heteroatoms. The minimum atomic E-state index is -4.33. The van der Waals surface area contributed by atoms with Crippen LogP contribution in [0.5, 0.6) is 5.75 Å². The molecule has 1 rings (SSSR count). The summed E-state index contributed by atoms with van der Waals surface area (Å²) in [6, 6.07) is 6.05. The first-order valence-corrected chi connectivity index (χ1v) is 4.41. The van der Waals surface area contributed by atoms with E-state index in [2.05, 4.69) is 0 Å². The highest BCUT2D eigenvalue weighted by molar-refractivity contribution is 5.30. The number of quaternary nitrogens is 1. The molecule has 0 saturated carbocycles. The Kier molecular flexibility index (Phi) is 2.95. The number of rotatable bonds is 2. The number of halogens is 3. The first-order chi connectivity index (χ1) is 6.74. The molecule has 0 spiro atoms. The van der Waals surface area contributed by atoms with E-state index in [1.165, 1.54) is 12.1 Å². The Labute approximate surface area is 86.2 Å². The predicted octanol–water partition coefficient (Wildman–Crippen LogP) is 2.49. The van der Waals surface area contributed by atoms with Crippen LogP contribution in [0.15, 0.2) is 24.3 Å². The Hall–Kier alpha value is -1.23. The van der Waals surface area contributed by atoms with Crippen LogP contribution in [0.4, 0.5) is 13.2 Å². The zero-order chi connectivity index (χ0) is 11.7. The predicted molar refractivity (Wildman–Crippen MR) is 50.0 cm³/mol. The fourth-order valence-electron chi connectivity index (χ4n) is 1.16. The fourth-order valence-corrected chi connectivity index (χ4v) is 1.16. The lowest BCUT2D eigenvalue weighted by atomic mass is 10.2. The average molecular weight is 220 g/mol. The minimum Gasteiger partial charge on any atom is -0.507 e. The van der Waals surface area contributed by atoms with Gasteiger partial charge in [0.2, 0.25) is 0 Å². The van der Waals surface area contributed by atoms with E-state index in [0.29, 0.717) is 5.56 Å². The number of benzene rings is 1. The van der Waals surface area contributed by atoms with Crippen LogP contribution in [0.1, 0.15) is 5.56 Å². The first kappa shape index (κ1) is 11.8. The molecule has 0 unspecified atom stereocenters. The van der Waals surface area contributed by atoms with Crippen LogP contribution in [0.25, 0.3) is 0 Å². The van der Waals surface area contributed by atoms with Crippen LogP contribution in [0.3, 0.4) is 0 Å². The van der Waals surface area contributed by atoms with Gasteiger partial charge in [0.05, 0.1) is 14.1 Å². The van der Waals surface area contributed by atoms with Gasteiger partial charge in [0.15, 0.2) is 0 Å². The van der Waals surface area contributed by atoms with Crippen LogP contribution in [-0.4, -0.2) is 30.0 Å². The number of phenolic OH excluding ortho intramolecular Hbond substituents is 1. The summed E-state index contributed by atoms with van der Waals surface area (Å²) in [5, 5.41) is 9.36. The number of alkyl halides is 3. The van der Waals surface area contributed by atoms with Gasteiger partial charge in [0.25, 0.3) is 0 Å². The molecule has 0 atom stereocenters. The number of hydrogen-bond donors (Lipinski definition) is 1. The Morgan fingerprint density at radius 2 is 1.73 bits per heavy atom. The number of aromatic hydroxyl groups is 1. The topological polar surface area (TPSA) is 20.2 Å². The third kappa shape index (κ3) is 2.62. The Morgan fingerprint density at radius 3 is 2.20 bits per heavy atom. The lowest BCUT2D eigenvalue weighted by Gasteiger charge is -2.30. The van der Waals surface area contributed by atoms with E-state index in [1.54, 1.807) is 12.1 Å². The van der Waals surface area contributed by atoms with Gasteiger partial charge in [-0.15, -0.1) is 13.2 Å². The monoisotopic (exact) mass is 220 g/mol. The number of para-hydroxylation sites is 1. The van der Waals surface area contributed by atoms with E-state index < -0.39 is 10.8 Å². The molecule has 1 aromatic carbocycles. The number of nitrogens with zero attached hydrogens (tertiary/aromatic N) is 1. The smallest absolute Gasteiger partial charge is 0.507 e. The SMILES string of the molecule is C[N+](C)(Cc1ccccc1O)C(F)(F)F. The van der Waals surface area contributed by atoms with Crippen molar-refractivity contribution in [2.24, 2.45) is 0 Å². The van der Waals surface area contributed by atoms with Crippen LogP contribution < -0.4 is 0 Å². The molecular weight excluding hydrogens is 207 g/mol. The van der Waals surface area contributed by atoms with Crippen molar-refractivity contribution >= 4 is 0 Å². The Bertz CT molecular complexity index is 347. The maximum atomic E-state index is 12.5. The molecule has 0 aliphatic rings. The van der Waals surface area contributed by atoms with Crippen molar-refractivity contribution < 1.29 is 22.8 Å². The second kappa shape index (κ2) is 3.73. The zero-order valence-electron chi connectivity index (χ0n) is 8.54. The second-order valence-corrected chi connectivity index (χ2v) is 3.94. The van der Waals surface area contributed by atoms with Gasteiger partial charge in [-0.2, -0.15) is 0 Å². The molecule has 1 aromatic rings. The summed E-state index contributed by atoms with van der Waals surface area (Å²) in [6.45, 7) is -0.282. The lowest BCUT2D eigenvalue weighted by Crippen LogP contribution is -2.50. The van der Waals surface area contributed by atoms with Gasteiger partial charge in [-0.3, -0.25) is 0 Å². The molecule has 2 nitrogen and oxygen atoms in total. The Balaban J connectivity index is 2.92. The molecule has 0 heterocycles. The van der Waals surface area contributed by atoms with Crippen LogP contribution in [0.2, 0.25) is 0 Å². The van der Waals surface area contributed by atoms with Gasteiger partial charge in [0.1, 0.15) is 12.3 Å². The maximum Gasteiger partial charge on any atom is 0.560 e. The fraction of sp³-hybridized carbons (Fsp3) is 0.400. The number of hydrogen-bond acceptors (Lipinski definition) is 1. The molecule has 0 saturated heterocycles. The molecule has 0 aliphatic heterocycles. The summed E-state index contributed by atoms with van der Waals surface area (Å²) in [5.74, 6) is -0.104. The molecule has 15 heavy (non-hydrogen) atoms. The molecule has 0 amide bonds. The third-order valence-corrected chi connectivity index (χ3v) is 2.24. The third-order valence-electron chi connectivity index (χ3n) is 2.24. The normalized spacial score (nSPS) is 12.9. The van der Waals surface area contributed by atoms with Gasteiger partial charge >= 0.3 is 6.30 Å². The van der Waals surface area contributed by atoms with Gasteiger partial charge in [-0.25, -0.2) is 4.48 Å². The van der Waals surface area contributed by atoms with Gasteiger partial charge in [-0.1, -0.05) is 12.1 Å². The van der Waals surface area contributed by atoms with E-state index in [1.807, 2.05) is 0 Å². The first-order valence-electron chi connectivity index (χ1n) is 4.41. The quantitative estimate of drug-likeness (QED) is 0.599. The van der Waals surface area contributed by atoms with E-state index >= 15 is 0 Å². The molecule has 0 radical (unpaired) electrons. The van der Waals surface area contributed by atoms with Crippen molar-refractivity contribution in [2.45, 2.75) is 12.8 Å². The molecule has 1 N–H and O–H groups in total. The molecule has 0 aliphatic carbocycles. The molecule has 84 valence electrons. The lowest BCUT2D eigenvalue weighted by molar-refractivity contribution is -1.01. The van der Waals surface area contributed by atoms with Crippen LogP contribution in [0, 0.1) is 0 Å². The largest absolute Gasteiger partial charge is 0.560 e. The summed E-state index contributed by atoms with van der Waals surface area (Å²) < 4.78 is 36.5. The molecule has 0 aromatic heterocycles. The highest BCUT2D eigenvalue weighted by Crippen LogP contribution is 2.30. The van der Waals surface area contributed by atoms with E-state index in [-0.39, 0.29) is 12.3 Å². The standard InChI is InChI=1S/C10H12F3NO/c1-14(2,10(11,12)13)7-8-5-3-4-6-9(8)15/h3-6H,7H2,1-2H3/p+1. The Morgan fingerprint density at radius 1 is 1.20 bits per heavy atom. The van der Waals surface area contributed by atoms with Crippen LogP contribution >= 0.6 is 0 Å². The minimum absolute atomic E-state index is 0.104. The van der Waals surface area contributed by atoms with Gasteiger partial charge < -0.3 is 5.11 Å². The highest BCUT2D eigenvalue weighted by atomic mass is 19.4. The highest BCUT2D eigenvalue weighted by Gasteiger charge is 2.48. The summed E-state index contributed by atoms with van der Waals surface area (Å²) >= 11 is 0. The van der Waals surface area contributed by atoms with Crippen molar-refractivity contribution in [3.63, 3.8) is 0 Å². The van der Waals surface area contributed by atoms with Crippen molar-refractivity contribution in [1.29, 1.82) is 0 Å². The zero-order valence-corrected chi connectivity index (χ0v) is 8.54. The van der Waals surface area contributed by atoms with Crippen molar-refractivity contribution in [3.8, 4) is 5.75 Å². The second-order valence-electron chi connectivity index (χ2n) is 3.94. The van der Waals surface area contributed by atoms with Crippen LogP contribution in [-0.2, 0) is 6.54 Å². The van der Waals surface area contributed by atoms with Gasteiger partial charge in [0, 0.05) is 5.56 Å². The van der Waals surface area contributed by atoms with Crippen molar-refractivity contribution in [3.05, 3.63) is 29.8 Å². The van der Waals surface area contributed by atoms with E-state index in [0.717, 1.165) is 14.1 Å². The van der Waals surface area contributed by atoms with Crippen molar-refractivity contribution in [1.82, 2.24) is 0 Å². The molecular formula is C10H13F3NO+. The van der Waals surface area contributed by atoms with Gasteiger partial charge in [-0.05, 0) is 12.1 Å².